The molecule has 0 saturated carbocycles. The standard InChI is InChI=1S/C16H17Cl2NS/c1-11(19)16(12-6-4-7-14(17)9-12)20-10-13-5-2-3-8-15(13)18/h2-9,11,16H,10,19H2,1H3. The van der Waals surface area contributed by atoms with Crippen LogP contribution in [0.5, 0.6) is 0 Å². The Labute approximate surface area is 134 Å². The maximum Gasteiger partial charge on any atom is 0.0449 e. The number of benzene rings is 2. The molecule has 0 heterocycles. The summed E-state index contributed by atoms with van der Waals surface area (Å²) in [5.41, 5.74) is 8.41. The first-order valence-electron chi connectivity index (χ1n) is 6.44. The molecule has 0 saturated heterocycles. The van der Waals surface area contributed by atoms with E-state index < -0.39 is 0 Å². The average molecular weight is 326 g/mol. The Balaban J connectivity index is 2.13. The first kappa shape index (κ1) is 15.7. The quantitative estimate of drug-likeness (QED) is 0.805. The fourth-order valence-corrected chi connectivity index (χ4v) is 3.76. The molecule has 0 aromatic heterocycles. The van der Waals surface area contributed by atoms with Gasteiger partial charge in [-0.15, -0.1) is 11.8 Å². The molecule has 2 aromatic rings. The summed E-state index contributed by atoms with van der Waals surface area (Å²) in [7, 11) is 0. The summed E-state index contributed by atoms with van der Waals surface area (Å²) in [6.45, 7) is 2.02. The van der Waals surface area contributed by atoms with Crippen molar-refractivity contribution in [3.8, 4) is 0 Å². The van der Waals surface area contributed by atoms with Gasteiger partial charge in [-0.1, -0.05) is 53.5 Å². The van der Waals surface area contributed by atoms with Gasteiger partial charge in [-0.05, 0) is 36.2 Å². The highest BCUT2D eigenvalue weighted by Crippen LogP contribution is 2.36. The molecular formula is C16H17Cl2NS. The molecule has 1 nitrogen and oxygen atoms in total. The van der Waals surface area contributed by atoms with Crippen LogP contribution in [0.3, 0.4) is 0 Å². The van der Waals surface area contributed by atoms with E-state index >= 15 is 0 Å². The second kappa shape index (κ2) is 7.37. The fraction of sp³-hybridized carbons (Fsp3) is 0.250. The van der Waals surface area contributed by atoms with Gasteiger partial charge in [0.05, 0.1) is 0 Å². The highest BCUT2D eigenvalue weighted by Gasteiger charge is 2.17. The van der Waals surface area contributed by atoms with Gasteiger partial charge in [0.25, 0.3) is 0 Å². The summed E-state index contributed by atoms with van der Waals surface area (Å²) in [5, 5.41) is 1.74. The van der Waals surface area contributed by atoms with Crippen LogP contribution in [0.15, 0.2) is 48.5 Å². The van der Waals surface area contributed by atoms with Crippen LogP contribution >= 0.6 is 35.0 Å². The van der Waals surface area contributed by atoms with E-state index in [-0.39, 0.29) is 11.3 Å². The van der Waals surface area contributed by atoms with Crippen LogP contribution in [-0.2, 0) is 5.75 Å². The smallest absolute Gasteiger partial charge is 0.0449 e. The highest BCUT2D eigenvalue weighted by atomic mass is 35.5. The number of thioether (sulfide) groups is 1. The highest BCUT2D eigenvalue weighted by molar-refractivity contribution is 7.98. The van der Waals surface area contributed by atoms with E-state index in [1.54, 1.807) is 11.8 Å². The van der Waals surface area contributed by atoms with Crippen molar-refractivity contribution >= 4 is 35.0 Å². The molecule has 2 rings (SSSR count). The molecule has 0 spiro atoms. The molecule has 0 aliphatic heterocycles. The van der Waals surface area contributed by atoms with Gasteiger partial charge in [-0.3, -0.25) is 0 Å². The predicted octanol–water partition coefficient (Wildman–Crippen LogP) is 5.32. The predicted molar refractivity (Wildman–Crippen MR) is 90.6 cm³/mol. The van der Waals surface area contributed by atoms with Crippen molar-refractivity contribution in [3.05, 3.63) is 69.7 Å². The Hall–Kier alpha value is -0.670. The molecule has 0 aliphatic rings. The van der Waals surface area contributed by atoms with E-state index in [2.05, 4.69) is 6.07 Å². The Kier molecular flexibility index (Phi) is 5.79. The first-order valence-corrected chi connectivity index (χ1v) is 8.24. The third-order valence-corrected chi connectivity index (χ3v) is 5.17. The molecular weight excluding hydrogens is 309 g/mol. The van der Waals surface area contributed by atoms with Crippen LogP contribution in [0.1, 0.15) is 23.3 Å². The number of nitrogens with two attached hydrogens (primary N) is 1. The number of halogens is 2. The summed E-state index contributed by atoms with van der Waals surface area (Å²) in [6.07, 6.45) is 0. The monoisotopic (exact) mass is 325 g/mol. The lowest BCUT2D eigenvalue weighted by molar-refractivity contribution is 0.721. The van der Waals surface area contributed by atoms with Gasteiger partial charge >= 0.3 is 0 Å². The maximum atomic E-state index is 6.19. The largest absolute Gasteiger partial charge is 0.327 e. The second-order valence-electron chi connectivity index (χ2n) is 4.74. The SMILES string of the molecule is CC(N)C(SCc1ccccc1Cl)c1cccc(Cl)c1. The van der Waals surface area contributed by atoms with Crippen molar-refractivity contribution in [2.24, 2.45) is 5.73 Å². The zero-order valence-corrected chi connectivity index (χ0v) is 13.6. The van der Waals surface area contributed by atoms with Crippen LogP contribution in [0.2, 0.25) is 10.0 Å². The minimum atomic E-state index is 0.0426. The van der Waals surface area contributed by atoms with Crippen LogP contribution in [-0.4, -0.2) is 6.04 Å². The van der Waals surface area contributed by atoms with Crippen molar-refractivity contribution in [2.75, 3.05) is 0 Å². The van der Waals surface area contributed by atoms with Crippen molar-refractivity contribution < 1.29 is 0 Å². The molecule has 0 fully saturated rings. The molecule has 2 N–H and O–H groups in total. The van der Waals surface area contributed by atoms with E-state index in [0.29, 0.717) is 0 Å². The fourth-order valence-electron chi connectivity index (χ4n) is 2.03. The maximum absolute atomic E-state index is 6.19. The molecule has 0 amide bonds. The molecule has 106 valence electrons. The minimum Gasteiger partial charge on any atom is -0.327 e. The summed E-state index contributed by atoms with van der Waals surface area (Å²) >= 11 is 14.0. The number of rotatable bonds is 5. The Morgan fingerprint density at radius 1 is 1.10 bits per heavy atom. The molecule has 2 unspecified atom stereocenters. The molecule has 4 heteroatoms. The molecule has 0 radical (unpaired) electrons. The Bertz CT molecular complexity index is 572. The van der Waals surface area contributed by atoms with Crippen LogP contribution in [0.25, 0.3) is 0 Å². The van der Waals surface area contributed by atoms with Crippen molar-refractivity contribution in [1.29, 1.82) is 0 Å². The van der Waals surface area contributed by atoms with Gasteiger partial charge in [0.1, 0.15) is 0 Å². The van der Waals surface area contributed by atoms with Crippen molar-refractivity contribution in [2.45, 2.75) is 24.0 Å². The third-order valence-electron chi connectivity index (χ3n) is 3.03. The van der Waals surface area contributed by atoms with Gasteiger partial charge < -0.3 is 5.73 Å². The van der Waals surface area contributed by atoms with Crippen molar-refractivity contribution in [1.82, 2.24) is 0 Å². The van der Waals surface area contributed by atoms with Crippen LogP contribution < -0.4 is 5.73 Å². The lowest BCUT2D eigenvalue weighted by Crippen LogP contribution is -2.22. The van der Waals surface area contributed by atoms with Gasteiger partial charge in [0.15, 0.2) is 0 Å². The normalized spacial score (nSPS) is 14.0. The van der Waals surface area contributed by atoms with E-state index in [9.17, 15) is 0 Å². The van der Waals surface area contributed by atoms with E-state index in [1.165, 1.54) is 0 Å². The lowest BCUT2D eigenvalue weighted by Gasteiger charge is -2.21. The van der Waals surface area contributed by atoms with Crippen LogP contribution in [0.4, 0.5) is 0 Å². The zero-order valence-electron chi connectivity index (χ0n) is 11.2. The van der Waals surface area contributed by atoms with Gasteiger partial charge in [-0.2, -0.15) is 0 Å². The van der Waals surface area contributed by atoms with E-state index in [1.807, 2.05) is 49.4 Å². The van der Waals surface area contributed by atoms with Gasteiger partial charge in [-0.25, -0.2) is 0 Å². The third kappa shape index (κ3) is 4.16. The van der Waals surface area contributed by atoms with Gasteiger partial charge in [0.2, 0.25) is 0 Å². The van der Waals surface area contributed by atoms with E-state index in [4.69, 9.17) is 28.9 Å². The molecule has 2 atom stereocenters. The summed E-state index contributed by atoms with van der Waals surface area (Å²) in [5.74, 6) is 0.832. The molecule has 0 bridgehead atoms. The zero-order chi connectivity index (χ0) is 14.5. The molecule has 0 aliphatic carbocycles. The number of hydrogen-bond donors (Lipinski definition) is 1. The molecule has 20 heavy (non-hydrogen) atoms. The minimum absolute atomic E-state index is 0.0426. The summed E-state index contributed by atoms with van der Waals surface area (Å²) in [6, 6.07) is 15.8. The first-order chi connectivity index (χ1) is 9.58. The topological polar surface area (TPSA) is 26.0 Å². The number of hydrogen-bond acceptors (Lipinski definition) is 2. The van der Waals surface area contributed by atoms with E-state index in [0.717, 1.165) is 26.9 Å². The lowest BCUT2D eigenvalue weighted by atomic mass is 10.1. The molecule has 2 aromatic carbocycles. The van der Waals surface area contributed by atoms with Crippen LogP contribution in [0, 0.1) is 0 Å². The summed E-state index contributed by atoms with van der Waals surface area (Å²) < 4.78 is 0. The Morgan fingerprint density at radius 3 is 2.50 bits per heavy atom. The second-order valence-corrected chi connectivity index (χ2v) is 6.71. The Morgan fingerprint density at radius 2 is 1.85 bits per heavy atom. The average Bonchev–Trinajstić information content (AvgIpc) is 2.41. The van der Waals surface area contributed by atoms with Crippen molar-refractivity contribution in [3.63, 3.8) is 0 Å². The summed E-state index contributed by atoms with van der Waals surface area (Å²) in [4.78, 5) is 0. The van der Waals surface area contributed by atoms with Gasteiger partial charge in [0, 0.05) is 27.1 Å².